The molecule has 0 saturated carbocycles. The minimum atomic E-state index is 0.643. The lowest BCUT2D eigenvalue weighted by Crippen LogP contribution is -2.58. The van der Waals surface area contributed by atoms with Gasteiger partial charge in [-0.05, 0) is 30.7 Å². The first kappa shape index (κ1) is 14.9. The molecule has 1 aromatic heterocycles. The first-order valence-corrected chi connectivity index (χ1v) is 8.39. The van der Waals surface area contributed by atoms with Crippen molar-refractivity contribution >= 4 is 23.2 Å². The van der Waals surface area contributed by atoms with Crippen molar-refractivity contribution in [3.05, 3.63) is 46.2 Å². The lowest BCUT2D eigenvalue weighted by atomic mass is 10.0. The molecule has 0 radical (unpaired) electrons. The molecule has 1 fully saturated rings. The molecule has 2 aliphatic heterocycles. The molecule has 0 amide bonds. The van der Waals surface area contributed by atoms with E-state index >= 15 is 0 Å². The van der Waals surface area contributed by atoms with Crippen molar-refractivity contribution in [2.45, 2.75) is 25.9 Å². The Morgan fingerprint density at radius 2 is 2.17 bits per heavy atom. The van der Waals surface area contributed by atoms with E-state index in [0.29, 0.717) is 12.0 Å². The van der Waals surface area contributed by atoms with Crippen LogP contribution in [0.1, 0.15) is 16.8 Å². The number of benzene rings is 1. The average Bonchev–Trinajstić information content (AvgIpc) is 2.44. The van der Waals surface area contributed by atoms with Crippen LogP contribution in [0.3, 0.4) is 0 Å². The topological polar surface area (TPSA) is 53.1 Å². The number of hydrogen-bond acceptors (Lipinski definition) is 5. The Kier molecular flexibility index (Phi) is 3.93. The number of nitrogens with zero attached hydrogens (tertiary/aromatic N) is 3. The van der Waals surface area contributed by atoms with Crippen molar-refractivity contribution < 1.29 is 0 Å². The van der Waals surface area contributed by atoms with E-state index in [2.05, 4.69) is 20.5 Å². The summed E-state index contributed by atoms with van der Waals surface area (Å²) in [6.45, 7) is 6.26. The van der Waals surface area contributed by atoms with Crippen LogP contribution in [0.15, 0.2) is 24.4 Å². The van der Waals surface area contributed by atoms with Crippen LogP contribution in [0, 0.1) is 6.92 Å². The van der Waals surface area contributed by atoms with Crippen molar-refractivity contribution in [3.63, 3.8) is 0 Å². The Hall–Kier alpha value is -1.69. The summed E-state index contributed by atoms with van der Waals surface area (Å²) in [4.78, 5) is 11.7. The summed E-state index contributed by atoms with van der Waals surface area (Å²) >= 11 is 6.11. The summed E-state index contributed by atoms with van der Waals surface area (Å²) in [5, 5.41) is 7.31. The highest BCUT2D eigenvalue weighted by Gasteiger charge is 2.28. The predicted molar refractivity (Wildman–Crippen MR) is 92.3 cm³/mol. The Bertz CT molecular complexity index is 709. The highest BCUT2D eigenvalue weighted by molar-refractivity contribution is 6.30. The fourth-order valence-corrected chi connectivity index (χ4v) is 3.47. The Morgan fingerprint density at radius 1 is 1.30 bits per heavy atom. The van der Waals surface area contributed by atoms with Gasteiger partial charge in [0.2, 0.25) is 5.95 Å². The molecule has 0 aliphatic carbocycles. The summed E-state index contributed by atoms with van der Waals surface area (Å²) in [6.07, 6.45) is 2.94. The van der Waals surface area contributed by atoms with E-state index < -0.39 is 0 Å². The van der Waals surface area contributed by atoms with E-state index in [-0.39, 0.29) is 0 Å². The largest absolute Gasteiger partial charge is 0.324 e. The third-order valence-corrected chi connectivity index (χ3v) is 4.76. The van der Waals surface area contributed by atoms with Gasteiger partial charge >= 0.3 is 0 Å². The minimum Gasteiger partial charge on any atom is -0.324 e. The van der Waals surface area contributed by atoms with Crippen LogP contribution < -0.4 is 10.6 Å². The molecule has 1 saturated heterocycles. The quantitative estimate of drug-likeness (QED) is 0.906. The minimum absolute atomic E-state index is 0.643. The molecular weight excluding hydrogens is 310 g/mol. The number of hydrogen-bond donors (Lipinski definition) is 2. The highest BCUT2D eigenvalue weighted by Crippen LogP contribution is 2.24. The summed E-state index contributed by atoms with van der Waals surface area (Å²) < 4.78 is 0. The van der Waals surface area contributed by atoms with E-state index in [4.69, 9.17) is 16.6 Å². The zero-order chi connectivity index (χ0) is 15.8. The second-order valence-electron chi connectivity index (χ2n) is 6.34. The van der Waals surface area contributed by atoms with Crippen molar-refractivity contribution in [1.82, 2.24) is 20.2 Å². The molecule has 0 spiro atoms. The van der Waals surface area contributed by atoms with Crippen molar-refractivity contribution in [3.8, 4) is 0 Å². The molecule has 5 nitrogen and oxygen atoms in total. The van der Waals surface area contributed by atoms with Gasteiger partial charge in [0.15, 0.2) is 0 Å². The summed E-state index contributed by atoms with van der Waals surface area (Å²) in [6, 6.07) is 6.54. The van der Waals surface area contributed by atoms with Crippen LogP contribution in [-0.4, -0.2) is 40.5 Å². The summed E-state index contributed by atoms with van der Waals surface area (Å²) in [5.74, 6) is 0.643. The first-order valence-electron chi connectivity index (χ1n) is 8.01. The maximum atomic E-state index is 6.11. The summed E-state index contributed by atoms with van der Waals surface area (Å²) in [7, 11) is 0. The molecule has 120 valence electrons. The van der Waals surface area contributed by atoms with Gasteiger partial charge in [0.1, 0.15) is 0 Å². The Balaban J connectivity index is 1.51. The van der Waals surface area contributed by atoms with Crippen molar-refractivity contribution in [2.75, 3.05) is 25.0 Å². The van der Waals surface area contributed by atoms with E-state index in [1.54, 1.807) is 0 Å². The predicted octanol–water partition coefficient (Wildman–Crippen LogP) is 2.51. The number of anilines is 2. The molecule has 0 atom stereocenters. The van der Waals surface area contributed by atoms with Crippen molar-refractivity contribution in [1.29, 1.82) is 0 Å². The summed E-state index contributed by atoms with van der Waals surface area (Å²) in [5.41, 5.74) is 4.44. The third-order valence-electron chi connectivity index (χ3n) is 4.54. The molecule has 6 heteroatoms. The number of nitrogens with one attached hydrogen (secondary N) is 2. The first-order chi connectivity index (χ1) is 11.2. The number of aryl methyl sites for hydroxylation is 1. The van der Waals surface area contributed by atoms with E-state index in [1.165, 1.54) is 5.56 Å². The molecule has 4 rings (SSSR count). The van der Waals surface area contributed by atoms with Gasteiger partial charge < -0.3 is 10.6 Å². The molecule has 2 N–H and O–H groups in total. The lowest BCUT2D eigenvalue weighted by molar-refractivity contribution is 0.130. The van der Waals surface area contributed by atoms with Gasteiger partial charge in [-0.15, -0.1) is 0 Å². The fourth-order valence-electron chi connectivity index (χ4n) is 3.18. The highest BCUT2D eigenvalue weighted by atomic mass is 35.5. The fraction of sp³-hybridized carbons (Fsp3) is 0.412. The van der Waals surface area contributed by atoms with Gasteiger partial charge in [-0.3, -0.25) is 4.90 Å². The monoisotopic (exact) mass is 329 g/mol. The van der Waals surface area contributed by atoms with Gasteiger partial charge in [0, 0.05) is 61.1 Å². The standard InChI is InChI=1S/C17H20ClN5/c1-11-4-13(18)6-14(5-11)21-17-20-7-12-10-23(15-8-19-9-15)3-2-16(12)22-17/h4-7,15,19H,2-3,8-10H2,1H3,(H,20,21,22). The molecule has 0 bridgehead atoms. The van der Waals surface area contributed by atoms with E-state index in [1.807, 2.05) is 31.3 Å². The van der Waals surface area contributed by atoms with Crippen LogP contribution in [0.2, 0.25) is 5.02 Å². The van der Waals surface area contributed by atoms with Gasteiger partial charge in [0.25, 0.3) is 0 Å². The Morgan fingerprint density at radius 3 is 2.91 bits per heavy atom. The normalized spacial score (nSPS) is 18.3. The van der Waals surface area contributed by atoms with Crippen LogP contribution in [-0.2, 0) is 13.0 Å². The zero-order valence-corrected chi connectivity index (χ0v) is 13.9. The number of aromatic nitrogens is 2. The van der Waals surface area contributed by atoms with Gasteiger partial charge in [0.05, 0.1) is 5.69 Å². The van der Waals surface area contributed by atoms with Gasteiger partial charge in [-0.2, -0.15) is 0 Å². The van der Waals surface area contributed by atoms with Gasteiger partial charge in [-0.1, -0.05) is 11.6 Å². The molecular formula is C17H20ClN5. The SMILES string of the molecule is Cc1cc(Cl)cc(Nc2ncc3c(n2)CCN(C2CNC2)C3)c1. The maximum Gasteiger partial charge on any atom is 0.227 e. The molecule has 1 aromatic carbocycles. The number of rotatable bonds is 3. The van der Waals surface area contributed by atoms with Crippen LogP contribution >= 0.6 is 11.6 Å². The maximum absolute atomic E-state index is 6.11. The van der Waals surface area contributed by atoms with E-state index in [9.17, 15) is 0 Å². The number of halogens is 1. The second kappa shape index (κ2) is 6.07. The number of fused-ring (bicyclic) bond motifs is 1. The van der Waals surface area contributed by atoms with Crippen LogP contribution in [0.4, 0.5) is 11.6 Å². The zero-order valence-electron chi connectivity index (χ0n) is 13.1. The average molecular weight is 330 g/mol. The molecule has 3 heterocycles. The van der Waals surface area contributed by atoms with Crippen LogP contribution in [0.25, 0.3) is 0 Å². The van der Waals surface area contributed by atoms with Crippen LogP contribution in [0.5, 0.6) is 0 Å². The third kappa shape index (κ3) is 3.17. The molecule has 0 unspecified atom stereocenters. The molecule has 23 heavy (non-hydrogen) atoms. The molecule has 2 aromatic rings. The second-order valence-corrected chi connectivity index (χ2v) is 6.78. The smallest absolute Gasteiger partial charge is 0.227 e. The van der Waals surface area contributed by atoms with E-state index in [0.717, 1.165) is 54.6 Å². The lowest BCUT2D eigenvalue weighted by Gasteiger charge is -2.40. The van der Waals surface area contributed by atoms with Crippen molar-refractivity contribution in [2.24, 2.45) is 0 Å². The van der Waals surface area contributed by atoms with Gasteiger partial charge in [-0.25, -0.2) is 9.97 Å². The molecule has 2 aliphatic rings. The Labute approximate surface area is 141 Å².